The topological polar surface area (TPSA) is 88.8 Å². The highest BCUT2D eigenvalue weighted by molar-refractivity contribution is 7.92. The highest BCUT2D eigenvalue weighted by Crippen LogP contribution is 2.32. The van der Waals surface area contributed by atoms with Crippen molar-refractivity contribution in [2.45, 2.75) is 32.1 Å². The first kappa shape index (κ1) is 25.6. The minimum Gasteiger partial charge on any atom is -0.368 e. The van der Waals surface area contributed by atoms with Gasteiger partial charge in [0.15, 0.2) is 0 Å². The van der Waals surface area contributed by atoms with Gasteiger partial charge in [0.25, 0.3) is 0 Å². The largest absolute Gasteiger partial charge is 0.368 e. The zero-order chi connectivity index (χ0) is 25.8. The Bertz CT molecular complexity index is 1320. The van der Waals surface area contributed by atoms with E-state index >= 15 is 0 Å². The minimum atomic E-state index is -3.47. The van der Waals surface area contributed by atoms with E-state index < -0.39 is 10.0 Å². The van der Waals surface area contributed by atoms with Gasteiger partial charge in [-0.1, -0.05) is 37.5 Å². The van der Waals surface area contributed by atoms with Crippen LogP contribution in [0.25, 0.3) is 10.9 Å². The summed E-state index contributed by atoms with van der Waals surface area (Å²) in [4.78, 5) is 23.7. The second-order valence-corrected chi connectivity index (χ2v) is 12.0. The lowest BCUT2D eigenvalue weighted by molar-refractivity contribution is -0.123. The van der Waals surface area contributed by atoms with Gasteiger partial charge in [0, 0.05) is 68.0 Å². The third kappa shape index (κ3) is 6.10. The van der Waals surface area contributed by atoms with Gasteiger partial charge >= 0.3 is 0 Å². The predicted molar refractivity (Wildman–Crippen MR) is 151 cm³/mol. The van der Waals surface area contributed by atoms with Crippen molar-refractivity contribution in [3.63, 3.8) is 0 Å². The SMILES string of the molecule is CS(=O)(=O)Nc1ccccc1N(CCN1CCN(c2cccc3[nH]ccc23)CC1)C(=O)C1CCCCC1. The van der Waals surface area contributed by atoms with E-state index in [0.29, 0.717) is 17.9 Å². The van der Waals surface area contributed by atoms with Gasteiger partial charge in [-0.3, -0.25) is 14.4 Å². The van der Waals surface area contributed by atoms with E-state index in [2.05, 4.69) is 43.8 Å². The van der Waals surface area contributed by atoms with Crippen molar-refractivity contribution >= 4 is 43.9 Å². The molecular weight excluding hydrogens is 486 g/mol. The number of benzene rings is 2. The number of nitrogens with zero attached hydrogens (tertiary/aromatic N) is 3. The molecule has 0 spiro atoms. The van der Waals surface area contributed by atoms with Crippen molar-refractivity contribution in [2.75, 3.05) is 60.0 Å². The van der Waals surface area contributed by atoms with Crippen LogP contribution in [0, 0.1) is 5.92 Å². The highest BCUT2D eigenvalue weighted by Gasteiger charge is 2.29. The lowest BCUT2D eigenvalue weighted by atomic mass is 9.88. The van der Waals surface area contributed by atoms with Crippen LogP contribution in [0.5, 0.6) is 0 Å². The fourth-order valence-electron chi connectivity index (χ4n) is 5.71. The lowest BCUT2D eigenvalue weighted by Gasteiger charge is -2.38. The quantitative estimate of drug-likeness (QED) is 0.460. The highest BCUT2D eigenvalue weighted by atomic mass is 32.2. The number of fused-ring (bicyclic) bond motifs is 1. The summed E-state index contributed by atoms with van der Waals surface area (Å²) in [6, 6.07) is 15.8. The molecule has 5 rings (SSSR count). The van der Waals surface area contributed by atoms with Crippen LogP contribution in [-0.4, -0.2) is 69.7 Å². The minimum absolute atomic E-state index is 0.00118. The number of sulfonamides is 1. The molecule has 2 heterocycles. The second-order valence-electron chi connectivity index (χ2n) is 10.3. The molecule has 1 amide bonds. The van der Waals surface area contributed by atoms with Crippen LogP contribution in [0.2, 0.25) is 0 Å². The first-order valence-corrected chi connectivity index (χ1v) is 15.2. The number of carbonyl (C=O) groups excluding carboxylic acids is 1. The Hall–Kier alpha value is -3.04. The number of aromatic amines is 1. The van der Waals surface area contributed by atoms with E-state index in [-0.39, 0.29) is 11.8 Å². The van der Waals surface area contributed by atoms with Crippen molar-refractivity contribution in [3.8, 4) is 0 Å². The Morgan fingerprint density at radius 2 is 1.76 bits per heavy atom. The van der Waals surface area contributed by atoms with Crippen molar-refractivity contribution in [1.82, 2.24) is 9.88 Å². The van der Waals surface area contributed by atoms with E-state index in [1.165, 1.54) is 17.5 Å². The molecule has 1 aromatic heterocycles. The summed E-state index contributed by atoms with van der Waals surface area (Å²) in [5.74, 6) is 0.110. The lowest BCUT2D eigenvalue weighted by Crippen LogP contribution is -2.49. The van der Waals surface area contributed by atoms with E-state index in [1.54, 1.807) is 12.1 Å². The summed E-state index contributed by atoms with van der Waals surface area (Å²) in [5, 5.41) is 1.25. The van der Waals surface area contributed by atoms with Gasteiger partial charge < -0.3 is 14.8 Å². The number of amides is 1. The van der Waals surface area contributed by atoms with Crippen LogP contribution >= 0.6 is 0 Å². The Morgan fingerprint density at radius 3 is 2.51 bits per heavy atom. The Labute approximate surface area is 219 Å². The molecule has 3 aromatic rings. The molecule has 37 heavy (non-hydrogen) atoms. The maximum Gasteiger partial charge on any atom is 0.230 e. The van der Waals surface area contributed by atoms with Crippen molar-refractivity contribution in [1.29, 1.82) is 0 Å². The molecule has 0 bridgehead atoms. The Kier molecular flexibility index (Phi) is 7.71. The summed E-state index contributed by atoms with van der Waals surface area (Å²) >= 11 is 0. The van der Waals surface area contributed by atoms with Gasteiger partial charge in [-0.25, -0.2) is 8.42 Å². The van der Waals surface area contributed by atoms with E-state index in [1.807, 2.05) is 23.2 Å². The summed E-state index contributed by atoms with van der Waals surface area (Å²) in [5.41, 5.74) is 3.51. The molecule has 2 aliphatic rings. The molecule has 1 saturated carbocycles. The number of H-pyrrole nitrogens is 1. The standard InChI is InChI=1S/C28H37N5O3S/c1-37(35,36)30-25-10-5-6-12-27(25)33(28(34)22-8-3-2-4-9-22)21-18-31-16-19-32(20-17-31)26-13-7-11-24-23(26)14-15-29-24/h5-7,10-15,22,29-30H,2-4,8-9,16-21H2,1H3. The second kappa shape index (κ2) is 11.1. The van der Waals surface area contributed by atoms with Crippen LogP contribution in [0.15, 0.2) is 54.7 Å². The zero-order valence-corrected chi connectivity index (χ0v) is 22.3. The van der Waals surface area contributed by atoms with Crippen molar-refractivity contribution in [3.05, 3.63) is 54.7 Å². The number of carbonyl (C=O) groups is 1. The molecule has 8 nitrogen and oxygen atoms in total. The average molecular weight is 524 g/mol. The van der Waals surface area contributed by atoms with Gasteiger partial charge in [-0.15, -0.1) is 0 Å². The van der Waals surface area contributed by atoms with Crippen LogP contribution in [-0.2, 0) is 14.8 Å². The summed E-state index contributed by atoms with van der Waals surface area (Å²) in [7, 11) is -3.47. The maximum atomic E-state index is 13.7. The Morgan fingerprint density at radius 1 is 1.00 bits per heavy atom. The number of rotatable bonds is 8. The first-order chi connectivity index (χ1) is 17.9. The molecule has 2 fully saturated rings. The number of hydrogen-bond acceptors (Lipinski definition) is 5. The maximum absolute atomic E-state index is 13.7. The molecule has 9 heteroatoms. The van der Waals surface area contributed by atoms with E-state index in [9.17, 15) is 13.2 Å². The summed E-state index contributed by atoms with van der Waals surface area (Å²) in [6.07, 6.45) is 8.26. The van der Waals surface area contributed by atoms with Crippen LogP contribution in [0.3, 0.4) is 0 Å². The molecule has 0 unspecified atom stereocenters. The molecular formula is C28H37N5O3S. The molecule has 0 radical (unpaired) electrons. The van der Waals surface area contributed by atoms with Gasteiger partial charge in [0.2, 0.25) is 15.9 Å². The van der Waals surface area contributed by atoms with Crippen LogP contribution in [0.4, 0.5) is 17.1 Å². The number of nitrogens with one attached hydrogen (secondary N) is 2. The monoisotopic (exact) mass is 523 g/mol. The van der Waals surface area contributed by atoms with Crippen LogP contribution < -0.4 is 14.5 Å². The molecule has 198 valence electrons. The van der Waals surface area contributed by atoms with E-state index in [0.717, 1.165) is 70.2 Å². The van der Waals surface area contributed by atoms with Crippen LogP contribution in [0.1, 0.15) is 32.1 Å². The average Bonchev–Trinajstić information content (AvgIpc) is 3.39. The van der Waals surface area contributed by atoms with Gasteiger partial charge in [-0.05, 0) is 43.2 Å². The van der Waals surface area contributed by atoms with Crippen molar-refractivity contribution < 1.29 is 13.2 Å². The number of aromatic nitrogens is 1. The van der Waals surface area contributed by atoms with Crippen molar-refractivity contribution in [2.24, 2.45) is 5.92 Å². The molecule has 2 N–H and O–H groups in total. The normalized spacial score (nSPS) is 17.7. The molecule has 1 aliphatic carbocycles. The third-order valence-corrected chi connectivity index (χ3v) is 8.23. The fourth-order valence-corrected chi connectivity index (χ4v) is 6.28. The molecule has 1 aliphatic heterocycles. The number of piperazine rings is 1. The number of hydrogen-bond donors (Lipinski definition) is 2. The van der Waals surface area contributed by atoms with Gasteiger partial charge in [0.1, 0.15) is 0 Å². The first-order valence-electron chi connectivity index (χ1n) is 13.3. The summed E-state index contributed by atoms with van der Waals surface area (Å²) in [6.45, 7) is 4.95. The molecule has 2 aromatic carbocycles. The fraction of sp³-hybridized carbons (Fsp3) is 0.464. The molecule has 1 saturated heterocycles. The van der Waals surface area contributed by atoms with E-state index in [4.69, 9.17) is 0 Å². The smallest absolute Gasteiger partial charge is 0.230 e. The van der Waals surface area contributed by atoms with Gasteiger partial charge in [0.05, 0.1) is 17.6 Å². The predicted octanol–water partition coefficient (Wildman–Crippen LogP) is 4.27. The number of para-hydroxylation sites is 2. The molecule has 0 atom stereocenters. The van der Waals surface area contributed by atoms with Gasteiger partial charge in [-0.2, -0.15) is 0 Å². The third-order valence-electron chi connectivity index (χ3n) is 7.64. The number of anilines is 3. The zero-order valence-electron chi connectivity index (χ0n) is 21.5. The summed E-state index contributed by atoms with van der Waals surface area (Å²) < 4.78 is 26.7. The Balaban J connectivity index is 1.29.